The summed E-state index contributed by atoms with van der Waals surface area (Å²) in [6.07, 6.45) is -0.334. The normalized spacial score (nSPS) is 29.2. The number of rotatable bonds is 8. The molecule has 6 rings (SSSR count). The Labute approximate surface area is 327 Å². The molecule has 1 saturated heterocycles. The largest absolute Gasteiger partial charge is 0.496 e. The van der Waals surface area contributed by atoms with E-state index in [1.165, 1.54) is 25.4 Å². The number of carbonyl (C=O) groups is 4. The fourth-order valence-corrected chi connectivity index (χ4v) is 8.92. The van der Waals surface area contributed by atoms with Crippen molar-refractivity contribution in [3.63, 3.8) is 0 Å². The molecule has 0 unspecified atom stereocenters. The molecule has 2 aromatic rings. The quantitative estimate of drug-likeness (QED) is 0.250. The predicted octanol–water partition coefficient (Wildman–Crippen LogP) is 4.66. The van der Waals surface area contributed by atoms with Crippen LogP contribution >= 0.6 is 0 Å². The molecule has 7 atom stereocenters. The molecule has 0 bridgehead atoms. The van der Waals surface area contributed by atoms with Gasteiger partial charge in [-0.25, -0.2) is 22.6 Å². The number of alkyl carbamates (subject to hydrolysis) is 1. The van der Waals surface area contributed by atoms with Crippen LogP contribution in [0.1, 0.15) is 72.6 Å². The van der Waals surface area contributed by atoms with Gasteiger partial charge < -0.3 is 29.7 Å². The van der Waals surface area contributed by atoms with E-state index in [9.17, 15) is 45.2 Å². The molecule has 0 radical (unpaired) electrons. The standard InChI is InChI=1S/C38H47F4N5O9S/c1-20-8-6-7-9-22-18-37(22,34(50)46-57(52,53)25-10-11-25)45-31(48)28-17-24(55-32-27-15-23(39)16-29(54-5)26(27)12-13-43-32)19-47(28)33(49)30(21(2)14-20)44-35(51)56-36(3,4)38(40,41)42/h7,9,12-13,15-16,20-22,24-25,28,30H,6,8,10-11,14,17-19H2,1-5H3,(H,44,51)(H,45,48)(H,46,50)/b9-7-/t20-,21-,22-,24-,28+,30+,37-/m1/s1. The van der Waals surface area contributed by atoms with Gasteiger partial charge in [0.25, 0.3) is 5.91 Å². The Hall–Kier alpha value is -4.68. The molecule has 57 heavy (non-hydrogen) atoms. The van der Waals surface area contributed by atoms with E-state index in [0.29, 0.717) is 51.3 Å². The molecular formula is C38H47F4N5O9S. The van der Waals surface area contributed by atoms with Crippen molar-refractivity contribution in [2.45, 2.75) is 113 Å². The molecule has 0 spiro atoms. The molecule has 2 aliphatic heterocycles. The summed E-state index contributed by atoms with van der Waals surface area (Å²) in [6, 6.07) is 1.08. The smallest absolute Gasteiger partial charge is 0.427 e. The Morgan fingerprint density at radius 1 is 1.07 bits per heavy atom. The van der Waals surface area contributed by atoms with Gasteiger partial charge in [0, 0.05) is 30.0 Å². The van der Waals surface area contributed by atoms with E-state index < -0.39 is 92.2 Å². The first-order valence-electron chi connectivity index (χ1n) is 18.9. The van der Waals surface area contributed by atoms with Crippen molar-refractivity contribution in [2.75, 3.05) is 13.7 Å². The number of nitrogens with one attached hydrogen (secondary N) is 3. The van der Waals surface area contributed by atoms with Gasteiger partial charge >= 0.3 is 12.3 Å². The highest BCUT2D eigenvalue weighted by Crippen LogP contribution is 2.46. The van der Waals surface area contributed by atoms with Crippen molar-refractivity contribution in [1.82, 2.24) is 25.2 Å². The number of allylic oxidation sites excluding steroid dienone is 1. The summed E-state index contributed by atoms with van der Waals surface area (Å²) in [4.78, 5) is 61.3. The summed E-state index contributed by atoms with van der Waals surface area (Å²) in [5, 5.41) is 5.04. The van der Waals surface area contributed by atoms with Gasteiger partial charge in [-0.15, -0.1) is 0 Å². The number of halogens is 4. The second-order valence-electron chi connectivity index (χ2n) is 16.1. The van der Waals surface area contributed by atoms with Gasteiger partial charge in [0.15, 0.2) is 0 Å². The maximum absolute atomic E-state index is 14.7. The summed E-state index contributed by atoms with van der Waals surface area (Å²) in [7, 11) is -2.64. The number of nitrogens with zero attached hydrogens (tertiary/aromatic N) is 2. The number of aromatic nitrogens is 1. The van der Waals surface area contributed by atoms with Crippen LogP contribution in [-0.2, 0) is 29.1 Å². The number of ether oxygens (including phenoxy) is 3. The van der Waals surface area contributed by atoms with Crippen molar-refractivity contribution >= 4 is 44.6 Å². The molecule has 4 aliphatic rings. The summed E-state index contributed by atoms with van der Waals surface area (Å²) < 4.78 is 99.9. The maximum atomic E-state index is 14.7. The van der Waals surface area contributed by atoms with Gasteiger partial charge in [0.1, 0.15) is 35.3 Å². The molecule has 19 heteroatoms. The highest BCUT2D eigenvalue weighted by molar-refractivity contribution is 7.91. The third kappa shape index (κ3) is 8.92. The van der Waals surface area contributed by atoms with E-state index in [0.717, 1.165) is 4.90 Å². The Morgan fingerprint density at radius 3 is 2.46 bits per heavy atom. The van der Waals surface area contributed by atoms with E-state index in [4.69, 9.17) is 14.2 Å². The zero-order valence-electron chi connectivity index (χ0n) is 32.2. The summed E-state index contributed by atoms with van der Waals surface area (Å²) in [5.74, 6) is -4.40. The molecule has 3 heterocycles. The van der Waals surface area contributed by atoms with Crippen LogP contribution in [0.25, 0.3) is 10.8 Å². The molecule has 1 aromatic carbocycles. The van der Waals surface area contributed by atoms with Gasteiger partial charge in [0.05, 0.1) is 24.3 Å². The number of amides is 4. The minimum atomic E-state index is -4.93. The summed E-state index contributed by atoms with van der Waals surface area (Å²) in [6.45, 7) is 4.60. The van der Waals surface area contributed by atoms with E-state index in [-0.39, 0.29) is 42.3 Å². The minimum Gasteiger partial charge on any atom is -0.496 e. The molecule has 2 saturated carbocycles. The van der Waals surface area contributed by atoms with Gasteiger partial charge in [-0.05, 0) is 76.3 Å². The average Bonchev–Trinajstić information content (AvgIpc) is 4.04. The Morgan fingerprint density at radius 2 is 1.79 bits per heavy atom. The first-order chi connectivity index (χ1) is 26.7. The van der Waals surface area contributed by atoms with Crippen LogP contribution in [0.15, 0.2) is 36.5 Å². The fraction of sp³-hybridized carbons (Fsp3) is 0.605. The number of carbonyl (C=O) groups excluding carboxylic acids is 4. The number of pyridine rings is 1. The molecule has 1 aromatic heterocycles. The lowest BCUT2D eigenvalue weighted by molar-refractivity contribution is -0.244. The fourth-order valence-electron chi connectivity index (χ4n) is 7.56. The lowest BCUT2D eigenvalue weighted by Crippen LogP contribution is -2.59. The van der Waals surface area contributed by atoms with E-state index in [1.54, 1.807) is 19.1 Å². The van der Waals surface area contributed by atoms with Crippen LogP contribution in [0.4, 0.5) is 22.4 Å². The highest BCUT2D eigenvalue weighted by Gasteiger charge is 2.62. The minimum absolute atomic E-state index is 0.0470. The number of hydrogen-bond acceptors (Lipinski definition) is 10. The van der Waals surface area contributed by atoms with Crippen molar-refractivity contribution in [3.05, 3.63) is 42.4 Å². The highest BCUT2D eigenvalue weighted by atomic mass is 32.2. The molecule has 3 N–H and O–H groups in total. The summed E-state index contributed by atoms with van der Waals surface area (Å²) in [5.41, 5.74) is -4.58. The summed E-state index contributed by atoms with van der Waals surface area (Å²) >= 11 is 0. The molecule has 2 aliphatic carbocycles. The van der Waals surface area contributed by atoms with Crippen LogP contribution in [0.2, 0.25) is 0 Å². The number of methoxy groups -OCH3 is 1. The van der Waals surface area contributed by atoms with E-state index in [2.05, 4.69) is 20.3 Å². The van der Waals surface area contributed by atoms with E-state index in [1.807, 2.05) is 13.0 Å². The van der Waals surface area contributed by atoms with Crippen LogP contribution in [0, 0.1) is 23.6 Å². The Kier molecular flexibility index (Phi) is 11.5. The number of sulfonamides is 1. The third-order valence-corrected chi connectivity index (χ3v) is 13.0. The average molecular weight is 826 g/mol. The first kappa shape index (κ1) is 41.9. The van der Waals surface area contributed by atoms with Crippen LogP contribution < -0.4 is 24.8 Å². The van der Waals surface area contributed by atoms with Crippen LogP contribution in [0.3, 0.4) is 0 Å². The number of fused-ring (bicyclic) bond motifs is 3. The zero-order valence-corrected chi connectivity index (χ0v) is 33.0. The van der Waals surface area contributed by atoms with Crippen molar-refractivity contribution in [1.29, 1.82) is 0 Å². The molecular weight excluding hydrogens is 779 g/mol. The van der Waals surface area contributed by atoms with Crippen LogP contribution in [-0.4, -0.2) is 96.5 Å². The number of hydrogen-bond donors (Lipinski definition) is 3. The first-order valence-corrected chi connectivity index (χ1v) is 20.4. The zero-order chi connectivity index (χ0) is 41.7. The SMILES string of the molecule is COc1cc(F)cc2c(O[C@@H]3C[C@H]4C(=O)N[C@]5(C(=O)NS(=O)(=O)C6CC6)C[C@H]5/C=C\CC[C@@H](C)C[C@@H](C)[C@H](NC(=O)OC(C)(C)C(F)(F)F)C(=O)N4C3)nccc12. The monoisotopic (exact) mass is 825 g/mol. The number of alkyl halides is 3. The topological polar surface area (TPSA) is 182 Å². The van der Waals surface area contributed by atoms with Crippen molar-refractivity contribution in [3.8, 4) is 11.6 Å². The van der Waals surface area contributed by atoms with Gasteiger partial charge in [0.2, 0.25) is 33.3 Å². The lowest BCUT2D eigenvalue weighted by Gasteiger charge is -2.34. The third-order valence-electron chi connectivity index (χ3n) is 11.2. The van der Waals surface area contributed by atoms with Gasteiger partial charge in [-0.1, -0.05) is 26.0 Å². The molecule has 3 fully saturated rings. The van der Waals surface area contributed by atoms with Gasteiger partial charge in [-0.3, -0.25) is 19.1 Å². The van der Waals surface area contributed by atoms with E-state index >= 15 is 0 Å². The second kappa shape index (κ2) is 15.6. The molecule has 14 nitrogen and oxygen atoms in total. The number of benzene rings is 1. The van der Waals surface area contributed by atoms with Crippen molar-refractivity contribution in [2.24, 2.45) is 17.8 Å². The Bertz CT molecular complexity index is 2060. The predicted molar refractivity (Wildman–Crippen MR) is 197 cm³/mol. The molecule has 312 valence electrons. The van der Waals surface area contributed by atoms with Crippen molar-refractivity contribution < 1.29 is 59.4 Å². The second-order valence-corrected chi connectivity index (χ2v) is 18.1. The van der Waals surface area contributed by atoms with Crippen LogP contribution in [0.5, 0.6) is 11.6 Å². The lowest BCUT2D eigenvalue weighted by atomic mass is 9.88. The maximum Gasteiger partial charge on any atom is 0.427 e. The Balaban J connectivity index is 1.36. The molecule has 4 amide bonds. The van der Waals surface area contributed by atoms with Gasteiger partial charge in [-0.2, -0.15) is 13.2 Å².